The fourth-order valence-corrected chi connectivity index (χ4v) is 5.60. The fourth-order valence-electron chi connectivity index (χ4n) is 5.60. The highest BCUT2D eigenvalue weighted by atomic mass is 16.5. The first-order valence-electron chi connectivity index (χ1n) is 11.5. The fraction of sp³-hybridized carbons (Fsp3) is 0.519. The summed E-state index contributed by atoms with van der Waals surface area (Å²) in [4.78, 5) is 11.3. The van der Waals surface area contributed by atoms with E-state index in [2.05, 4.69) is 44.2 Å². The van der Waals surface area contributed by atoms with Crippen LogP contribution < -0.4 is 9.47 Å². The molecule has 0 amide bonds. The summed E-state index contributed by atoms with van der Waals surface area (Å²) in [6.45, 7) is 5.20. The van der Waals surface area contributed by atoms with Gasteiger partial charge in [0.05, 0.1) is 13.5 Å². The minimum atomic E-state index is -0.732. The van der Waals surface area contributed by atoms with Gasteiger partial charge < -0.3 is 14.6 Å². The molecular weight excluding hydrogens is 388 g/mol. The maximum atomic E-state index is 11.3. The number of carbonyl (C=O) groups is 1. The van der Waals surface area contributed by atoms with Gasteiger partial charge in [0.2, 0.25) is 0 Å². The summed E-state index contributed by atoms with van der Waals surface area (Å²) >= 11 is 0. The molecule has 0 aromatic heterocycles. The highest BCUT2D eigenvalue weighted by Gasteiger charge is 2.37. The third kappa shape index (κ3) is 4.73. The van der Waals surface area contributed by atoms with Gasteiger partial charge in [-0.25, -0.2) is 0 Å². The van der Waals surface area contributed by atoms with Crippen molar-refractivity contribution in [2.45, 2.75) is 77.2 Å². The van der Waals surface area contributed by atoms with Crippen molar-refractivity contribution in [1.29, 1.82) is 0 Å². The molecule has 1 saturated carbocycles. The van der Waals surface area contributed by atoms with E-state index in [0.717, 1.165) is 41.9 Å². The van der Waals surface area contributed by atoms with Crippen molar-refractivity contribution in [2.75, 3.05) is 7.11 Å². The van der Waals surface area contributed by atoms with Gasteiger partial charge in [-0.05, 0) is 95.9 Å². The predicted octanol–water partition coefficient (Wildman–Crippen LogP) is 6.46. The molecule has 0 saturated heterocycles. The summed E-state index contributed by atoms with van der Waals surface area (Å²) in [6.07, 6.45) is 6.89. The molecule has 0 heterocycles. The quantitative estimate of drug-likeness (QED) is 0.556. The third-order valence-corrected chi connectivity index (χ3v) is 7.31. The molecule has 0 radical (unpaired) electrons. The van der Waals surface area contributed by atoms with E-state index in [1.807, 2.05) is 6.07 Å². The number of fused-ring (bicyclic) bond motifs is 1. The van der Waals surface area contributed by atoms with Crippen LogP contribution in [0, 0.1) is 5.41 Å². The molecule has 2 aliphatic rings. The van der Waals surface area contributed by atoms with Crippen molar-refractivity contribution in [3.63, 3.8) is 0 Å². The number of ether oxygens (including phenoxy) is 2. The summed E-state index contributed by atoms with van der Waals surface area (Å²) in [7, 11) is 1.75. The van der Waals surface area contributed by atoms with Crippen molar-refractivity contribution in [3.05, 3.63) is 58.7 Å². The highest BCUT2D eigenvalue weighted by molar-refractivity contribution is 5.68. The summed E-state index contributed by atoms with van der Waals surface area (Å²) < 4.78 is 11.9. The number of methoxy groups -OCH3 is 1. The Labute approximate surface area is 185 Å². The Bertz CT molecular complexity index is 946. The van der Waals surface area contributed by atoms with Gasteiger partial charge in [-0.1, -0.05) is 32.4 Å². The normalized spacial score (nSPS) is 22.0. The van der Waals surface area contributed by atoms with Gasteiger partial charge in [0.15, 0.2) is 0 Å². The largest absolute Gasteiger partial charge is 0.496 e. The molecule has 4 nitrogen and oxygen atoms in total. The molecule has 1 unspecified atom stereocenters. The molecule has 2 atom stereocenters. The van der Waals surface area contributed by atoms with Crippen LogP contribution in [0.15, 0.2) is 36.4 Å². The average Bonchev–Trinajstić information content (AvgIpc) is 3.10. The van der Waals surface area contributed by atoms with Crippen LogP contribution in [0.2, 0.25) is 0 Å². The minimum Gasteiger partial charge on any atom is -0.496 e. The summed E-state index contributed by atoms with van der Waals surface area (Å²) in [5.41, 5.74) is 5.12. The van der Waals surface area contributed by atoms with Crippen LogP contribution in [-0.4, -0.2) is 18.2 Å². The first kappa shape index (κ1) is 21.7. The van der Waals surface area contributed by atoms with Crippen molar-refractivity contribution in [1.82, 2.24) is 0 Å². The lowest BCUT2D eigenvalue weighted by molar-refractivity contribution is -0.137. The summed E-state index contributed by atoms with van der Waals surface area (Å²) in [5, 5.41) is 9.27. The summed E-state index contributed by atoms with van der Waals surface area (Å²) in [6, 6.07) is 12.6. The maximum absolute atomic E-state index is 11.3. The molecule has 31 heavy (non-hydrogen) atoms. The first-order chi connectivity index (χ1) is 14.9. The van der Waals surface area contributed by atoms with Gasteiger partial charge in [0.25, 0.3) is 0 Å². The van der Waals surface area contributed by atoms with E-state index in [1.165, 1.54) is 30.4 Å². The van der Waals surface area contributed by atoms with Crippen molar-refractivity contribution >= 4 is 5.97 Å². The van der Waals surface area contributed by atoms with Gasteiger partial charge in [-0.2, -0.15) is 0 Å². The molecule has 2 aromatic carbocycles. The first-order valence-corrected chi connectivity index (χ1v) is 11.5. The van der Waals surface area contributed by atoms with Crippen molar-refractivity contribution in [3.8, 4) is 11.5 Å². The molecule has 0 aliphatic heterocycles. The molecule has 0 spiro atoms. The smallest absolute Gasteiger partial charge is 0.303 e. The average molecular weight is 423 g/mol. The Morgan fingerprint density at radius 3 is 2.65 bits per heavy atom. The van der Waals surface area contributed by atoms with Gasteiger partial charge in [-0.15, -0.1) is 0 Å². The van der Waals surface area contributed by atoms with Crippen LogP contribution in [0.4, 0.5) is 0 Å². The Balaban J connectivity index is 1.52. The Morgan fingerprint density at radius 1 is 1.10 bits per heavy atom. The number of carboxylic acid groups (broad SMARTS) is 1. The highest BCUT2D eigenvalue weighted by Crippen LogP contribution is 2.51. The van der Waals surface area contributed by atoms with Gasteiger partial charge in [-0.3, -0.25) is 4.79 Å². The lowest BCUT2D eigenvalue weighted by Crippen LogP contribution is -2.16. The van der Waals surface area contributed by atoms with Crippen molar-refractivity contribution < 1.29 is 19.4 Å². The summed E-state index contributed by atoms with van der Waals surface area (Å²) in [5.74, 6) is 1.64. The van der Waals surface area contributed by atoms with Gasteiger partial charge >= 0.3 is 5.97 Å². The molecule has 2 aromatic rings. The van der Waals surface area contributed by atoms with E-state index in [-0.39, 0.29) is 17.8 Å². The lowest BCUT2D eigenvalue weighted by Gasteiger charge is -2.29. The zero-order chi connectivity index (χ0) is 22.0. The topological polar surface area (TPSA) is 55.8 Å². The van der Waals surface area contributed by atoms with E-state index in [9.17, 15) is 9.90 Å². The van der Waals surface area contributed by atoms with E-state index in [0.29, 0.717) is 12.5 Å². The van der Waals surface area contributed by atoms with Crippen molar-refractivity contribution in [2.24, 2.45) is 5.41 Å². The molecule has 4 heteroatoms. The molecule has 166 valence electrons. The second-order valence-electron chi connectivity index (χ2n) is 9.85. The van der Waals surface area contributed by atoms with E-state index in [4.69, 9.17) is 9.47 Å². The number of aryl methyl sites for hydroxylation is 1. The van der Waals surface area contributed by atoms with Crippen LogP contribution in [0.3, 0.4) is 0 Å². The monoisotopic (exact) mass is 422 g/mol. The minimum absolute atomic E-state index is 0.0852. The zero-order valence-electron chi connectivity index (χ0n) is 18.9. The van der Waals surface area contributed by atoms with Crippen LogP contribution in [-0.2, 0) is 17.8 Å². The van der Waals surface area contributed by atoms with Crippen LogP contribution in [0.5, 0.6) is 11.5 Å². The number of hydrogen-bond donors (Lipinski definition) is 1. The Hall–Kier alpha value is -2.49. The third-order valence-electron chi connectivity index (χ3n) is 7.31. The Kier molecular flexibility index (Phi) is 6.27. The van der Waals surface area contributed by atoms with E-state index in [1.54, 1.807) is 7.11 Å². The predicted molar refractivity (Wildman–Crippen MR) is 122 cm³/mol. The molecule has 0 bridgehead atoms. The molecule has 4 rings (SSSR count). The van der Waals surface area contributed by atoms with Crippen LogP contribution >= 0.6 is 0 Å². The van der Waals surface area contributed by atoms with Crippen LogP contribution in [0.1, 0.15) is 86.5 Å². The second-order valence-corrected chi connectivity index (χ2v) is 9.85. The van der Waals surface area contributed by atoms with Gasteiger partial charge in [0.1, 0.15) is 18.1 Å². The molecule has 1 fully saturated rings. The lowest BCUT2D eigenvalue weighted by atomic mass is 9.77. The number of rotatable bonds is 7. The standard InChI is InChI=1S/C27H34O4/c1-27(2)13-5-8-24(27)23-14-18(9-12-25(23)30-3)17-31-21-11-10-19-6-4-7-20(15-26(28)29)22(19)16-21/h9-12,14,16,20,24H,4-8,13,15,17H2,1-3H3,(H,28,29)/t20?,24-/m0/s1. The molecular formula is C27H34O4. The Morgan fingerprint density at radius 2 is 1.94 bits per heavy atom. The number of aliphatic carboxylic acids is 1. The van der Waals surface area contributed by atoms with E-state index < -0.39 is 5.97 Å². The van der Waals surface area contributed by atoms with E-state index >= 15 is 0 Å². The molecule has 1 N–H and O–H groups in total. The number of carboxylic acids is 1. The second kappa shape index (κ2) is 8.94. The SMILES string of the molecule is COc1ccc(COc2ccc3c(c2)C(CC(=O)O)CCC3)cc1[C@@H]1CCCC1(C)C. The zero-order valence-corrected chi connectivity index (χ0v) is 18.9. The van der Waals surface area contributed by atoms with Gasteiger partial charge in [0, 0.05) is 0 Å². The number of hydrogen-bond acceptors (Lipinski definition) is 3. The van der Waals surface area contributed by atoms with Crippen LogP contribution in [0.25, 0.3) is 0 Å². The number of benzene rings is 2. The molecule has 2 aliphatic carbocycles. The maximum Gasteiger partial charge on any atom is 0.303 e.